The van der Waals surface area contributed by atoms with Gasteiger partial charge in [0.2, 0.25) is 5.91 Å². The van der Waals surface area contributed by atoms with E-state index in [1.54, 1.807) is 4.68 Å². The van der Waals surface area contributed by atoms with Crippen LogP contribution in [0.3, 0.4) is 0 Å². The number of nitrogens with two attached hydrogens (primary N) is 1. The van der Waals surface area contributed by atoms with E-state index >= 15 is 0 Å². The Morgan fingerprint density at radius 2 is 2.16 bits per heavy atom. The standard InChI is InChI=1S/C13H22N4O.ClH/c1-8-12(9(2)17(3)16-8)15-13(18)11-6-4-5-10(11)7-14;/h10-11H,4-7,14H2,1-3H3,(H,15,18);1H/t10-,11-;/m1./s1. The van der Waals surface area contributed by atoms with Gasteiger partial charge in [0, 0.05) is 13.0 Å². The minimum Gasteiger partial charge on any atom is -0.330 e. The summed E-state index contributed by atoms with van der Waals surface area (Å²) in [4.78, 5) is 12.3. The van der Waals surface area contributed by atoms with Gasteiger partial charge in [-0.05, 0) is 39.2 Å². The van der Waals surface area contributed by atoms with Gasteiger partial charge in [0.05, 0.1) is 17.1 Å². The summed E-state index contributed by atoms with van der Waals surface area (Å²) < 4.78 is 1.79. The Labute approximate surface area is 120 Å². The van der Waals surface area contributed by atoms with Gasteiger partial charge < -0.3 is 11.1 Å². The van der Waals surface area contributed by atoms with Crippen LogP contribution >= 0.6 is 12.4 Å². The molecule has 0 aliphatic heterocycles. The fraction of sp³-hybridized carbons (Fsp3) is 0.692. The maximum atomic E-state index is 12.3. The minimum atomic E-state index is 0. The molecule has 1 fully saturated rings. The molecular formula is C13H23ClN4O. The van der Waals surface area contributed by atoms with Gasteiger partial charge >= 0.3 is 0 Å². The highest BCUT2D eigenvalue weighted by Gasteiger charge is 2.32. The lowest BCUT2D eigenvalue weighted by Crippen LogP contribution is -2.30. The van der Waals surface area contributed by atoms with E-state index in [0.717, 1.165) is 36.3 Å². The molecule has 2 atom stereocenters. The van der Waals surface area contributed by atoms with Crippen LogP contribution in [0.5, 0.6) is 0 Å². The Bertz CT molecular complexity index is 458. The van der Waals surface area contributed by atoms with Crippen molar-refractivity contribution in [2.45, 2.75) is 33.1 Å². The molecular weight excluding hydrogens is 264 g/mol. The molecule has 1 aromatic heterocycles. The van der Waals surface area contributed by atoms with Crippen LogP contribution in [-0.2, 0) is 11.8 Å². The number of amides is 1. The van der Waals surface area contributed by atoms with E-state index in [4.69, 9.17) is 5.73 Å². The summed E-state index contributed by atoms with van der Waals surface area (Å²) >= 11 is 0. The molecule has 1 saturated carbocycles. The molecule has 5 nitrogen and oxygen atoms in total. The third-order valence-electron chi connectivity index (χ3n) is 4.06. The van der Waals surface area contributed by atoms with Gasteiger partial charge in [-0.3, -0.25) is 9.48 Å². The zero-order valence-corrected chi connectivity index (χ0v) is 12.6. The summed E-state index contributed by atoms with van der Waals surface area (Å²) in [6.45, 7) is 4.48. The van der Waals surface area contributed by atoms with Crippen LogP contribution in [0.15, 0.2) is 0 Å². The Hall–Kier alpha value is -1.07. The molecule has 0 unspecified atom stereocenters. The van der Waals surface area contributed by atoms with Crippen molar-refractivity contribution in [2.75, 3.05) is 11.9 Å². The molecule has 0 aromatic carbocycles. The predicted molar refractivity (Wildman–Crippen MR) is 78.4 cm³/mol. The molecule has 6 heteroatoms. The first kappa shape index (κ1) is 16.0. The summed E-state index contributed by atoms with van der Waals surface area (Å²) in [7, 11) is 1.89. The van der Waals surface area contributed by atoms with Crippen LogP contribution in [0.2, 0.25) is 0 Å². The number of aryl methyl sites for hydroxylation is 2. The third-order valence-corrected chi connectivity index (χ3v) is 4.06. The average Bonchev–Trinajstić information content (AvgIpc) is 2.90. The van der Waals surface area contributed by atoms with E-state index in [1.165, 1.54) is 0 Å². The minimum absolute atomic E-state index is 0. The second-order valence-corrected chi connectivity index (χ2v) is 5.19. The predicted octanol–water partition coefficient (Wildman–Crippen LogP) is 1.77. The normalized spacial score (nSPS) is 22.1. The molecule has 3 N–H and O–H groups in total. The van der Waals surface area contributed by atoms with E-state index in [1.807, 2.05) is 20.9 Å². The second-order valence-electron chi connectivity index (χ2n) is 5.19. The van der Waals surface area contributed by atoms with Gasteiger partial charge in [0.1, 0.15) is 0 Å². The molecule has 2 rings (SSSR count). The van der Waals surface area contributed by atoms with Crippen LogP contribution in [-0.4, -0.2) is 22.2 Å². The Balaban J connectivity index is 0.00000180. The summed E-state index contributed by atoms with van der Waals surface area (Å²) in [5.74, 6) is 0.499. The molecule has 0 spiro atoms. The van der Waals surface area contributed by atoms with E-state index in [-0.39, 0.29) is 24.2 Å². The summed E-state index contributed by atoms with van der Waals surface area (Å²) in [6, 6.07) is 0. The van der Waals surface area contributed by atoms with Gasteiger partial charge in [0.25, 0.3) is 0 Å². The van der Waals surface area contributed by atoms with Crippen molar-refractivity contribution < 1.29 is 4.79 Å². The van der Waals surface area contributed by atoms with E-state index < -0.39 is 0 Å². The molecule has 0 radical (unpaired) electrons. The van der Waals surface area contributed by atoms with Crippen molar-refractivity contribution >= 4 is 24.0 Å². The summed E-state index contributed by atoms with van der Waals surface area (Å²) in [5, 5.41) is 7.33. The highest BCUT2D eigenvalue weighted by atomic mass is 35.5. The lowest BCUT2D eigenvalue weighted by atomic mass is 9.95. The maximum Gasteiger partial charge on any atom is 0.227 e. The van der Waals surface area contributed by atoms with Crippen molar-refractivity contribution in [2.24, 2.45) is 24.6 Å². The average molecular weight is 287 g/mol. The molecule has 1 amide bonds. The SMILES string of the molecule is Cc1nn(C)c(C)c1NC(=O)[C@@H]1CCC[C@@H]1CN.Cl. The van der Waals surface area contributed by atoms with Crippen molar-refractivity contribution in [3.63, 3.8) is 0 Å². The molecule has 1 heterocycles. The molecule has 1 aromatic rings. The van der Waals surface area contributed by atoms with Crippen LogP contribution in [0.25, 0.3) is 0 Å². The van der Waals surface area contributed by atoms with Crippen molar-refractivity contribution in [1.29, 1.82) is 0 Å². The number of halogens is 1. The number of rotatable bonds is 3. The summed E-state index contributed by atoms with van der Waals surface area (Å²) in [6.07, 6.45) is 3.12. The molecule has 0 saturated heterocycles. The first-order valence-corrected chi connectivity index (χ1v) is 6.55. The monoisotopic (exact) mass is 286 g/mol. The molecule has 1 aliphatic rings. The van der Waals surface area contributed by atoms with Crippen LogP contribution in [0.1, 0.15) is 30.7 Å². The maximum absolute atomic E-state index is 12.3. The van der Waals surface area contributed by atoms with Crippen LogP contribution in [0, 0.1) is 25.7 Å². The molecule has 19 heavy (non-hydrogen) atoms. The Kier molecular flexibility index (Phi) is 5.38. The van der Waals surface area contributed by atoms with Crippen molar-refractivity contribution in [3.8, 4) is 0 Å². The lowest BCUT2D eigenvalue weighted by Gasteiger charge is -2.17. The number of nitrogens with zero attached hydrogens (tertiary/aromatic N) is 2. The number of aromatic nitrogens is 2. The Morgan fingerprint density at radius 1 is 1.47 bits per heavy atom. The zero-order chi connectivity index (χ0) is 13.3. The van der Waals surface area contributed by atoms with Gasteiger partial charge in [-0.25, -0.2) is 0 Å². The van der Waals surface area contributed by atoms with Crippen LogP contribution in [0.4, 0.5) is 5.69 Å². The molecule has 1 aliphatic carbocycles. The Morgan fingerprint density at radius 3 is 2.68 bits per heavy atom. The lowest BCUT2D eigenvalue weighted by molar-refractivity contribution is -0.120. The van der Waals surface area contributed by atoms with Gasteiger partial charge in [-0.15, -0.1) is 12.4 Å². The number of anilines is 1. The van der Waals surface area contributed by atoms with Gasteiger partial charge in [-0.2, -0.15) is 5.10 Å². The molecule has 0 bridgehead atoms. The number of carbonyl (C=O) groups excluding carboxylic acids is 1. The quantitative estimate of drug-likeness (QED) is 0.889. The summed E-state index contributed by atoms with van der Waals surface area (Å²) in [5.41, 5.74) is 8.43. The van der Waals surface area contributed by atoms with Gasteiger partial charge in [-0.1, -0.05) is 6.42 Å². The van der Waals surface area contributed by atoms with E-state index in [2.05, 4.69) is 10.4 Å². The number of nitrogens with one attached hydrogen (secondary N) is 1. The van der Waals surface area contributed by atoms with E-state index in [9.17, 15) is 4.79 Å². The molecule has 108 valence electrons. The first-order chi connectivity index (χ1) is 8.54. The van der Waals surface area contributed by atoms with Gasteiger partial charge in [0.15, 0.2) is 0 Å². The fourth-order valence-corrected chi connectivity index (χ4v) is 2.83. The van der Waals surface area contributed by atoms with Crippen molar-refractivity contribution in [1.82, 2.24) is 9.78 Å². The van der Waals surface area contributed by atoms with Crippen LogP contribution < -0.4 is 11.1 Å². The first-order valence-electron chi connectivity index (χ1n) is 6.55. The fourth-order valence-electron chi connectivity index (χ4n) is 2.83. The highest BCUT2D eigenvalue weighted by molar-refractivity contribution is 5.94. The highest BCUT2D eigenvalue weighted by Crippen LogP contribution is 2.32. The number of carbonyl (C=O) groups is 1. The smallest absolute Gasteiger partial charge is 0.227 e. The topological polar surface area (TPSA) is 72.9 Å². The van der Waals surface area contributed by atoms with Crippen molar-refractivity contribution in [3.05, 3.63) is 11.4 Å². The second kappa shape index (κ2) is 6.39. The number of hydrogen-bond donors (Lipinski definition) is 2. The third kappa shape index (κ3) is 3.09. The largest absolute Gasteiger partial charge is 0.330 e. The van der Waals surface area contributed by atoms with E-state index in [0.29, 0.717) is 12.5 Å². The number of hydrogen-bond acceptors (Lipinski definition) is 3. The zero-order valence-electron chi connectivity index (χ0n) is 11.8.